The van der Waals surface area contributed by atoms with Gasteiger partial charge >= 0.3 is 29.6 Å². The number of carboxylic acids is 2. The fraction of sp³-hybridized carbons (Fsp3) is 0.814. The molecule has 22 nitrogen and oxygen atoms in total. The van der Waals surface area contributed by atoms with Crippen LogP contribution in [-0.2, 0) is 42.9 Å². The number of nitrogens with zero attached hydrogens (tertiary/aromatic N) is 3. The van der Waals surface area contributed by atoms with Crippen molar-refractivity contribution in [2.45, 2.75) is 177 Å². The standard InChI is InChI=1S/C43H71N5O17/c1-6-23(2)13-11-9-7-8-10-12-14-25(61-31(52)18-24(3)17-30(50)51)19-32(53)62-28-22-46(4)26(21-47(5)33(28)41(58)59)38(65-42-37(57)34(54)27(20-44)63-42)39-35(55)36(56)40(64-39)48-16-15-29(49)45-43(48)60/h15-16,23-28,33-40,42,54-57H,6-14,17-22,44H2,1-5H3,(H,50,51)(H,58,59)(H,45,49,60). The Morgan fingerprint density at radius 3 is 2.09 bits per heavy atom. The minimum Gasteiger partial charge on any atom is -0.481 e. The SMILES string of the molecule is CCC(C)CCCCCCCCC(CC(=O)OC1CN(C)C(C(OC2OC(CN)C(O)C2O)C2OC(n3ccc(=O)[nH]c3=O)C(O)C2O)CN(C)C1C(=O)O)OC(=O)CC(C)CC(=O)O. The van der Waals surface area contributed by atoms with Crippen LogP contribution in [0.1, 0.15) is 104 Å². The largest absolute Gasteiger partial charge is 0.481 e. The number of rotatable bonds is 25. The molecular formula is C43H71N5O17. The van der Waals surface area contributed by atoms with Crippen LogP contribution in [0.4, 0.5) is 0 Å². The van der Waals surface area contributed by atoms with Crippen LogP contribution in [-0.4, -0.2) is 181 Å². The Bertz CT molecular complexity index is 1820. The molecule has 4 rings (SSSR count). The first-order chi connectivity index (χ1) is 30.7. The summed E-state index contributed by atoms with van der Waals surface area (Å²) in [6, 6.07) is -1.46. The van der Waals surface area contributed by atoms with Gasteiger partial charge in [0.15, 0.2) is 12.5 Å². The number of nitrogens with two attached hydrogens (primary N) is 1. The quantitative estimate of drug-likeness (QED) is 0.0454. The molecular weight excluding hydrogens is 858 g/mol. The Balaban J connectivity index is 1.55. The van der Waals surface area contributed by atoms with Gasteiger partial charge in [-0.15, -0.1) is 0 Å². The molecule has 0 amide bonds. The van der Waals surface area contributed by atoms with Crippen LogP contribution in [0.25, 0.3) is 0 Å². The van der Waals surface area contributed by atoms with Crippen molar-refractivity contribution in [2.24, 2.45) is 17.6 Å². The maximum Gasteiger partial charge on any atom is 0.330 e. The van der Waals surface area contributed by atoms with Crippen molar-refractivity contribution in [3.8, 4) is 0 Å². The molecule has 0 saturated carbocycles. The lowest BCUT2D eigenvalue weighted by molar-refractivity contribution is -0.233. The summed E-state index contributed by atoms with van der Waals surface area (Å²) >= 11 is 0. The molecule has 3 saturated heterocycles. The lowest BCUT2D eigenvalue weighted by Gasteiger charge is -2.39. The number of nitrogens with one attached hydrogen (secondary N) is 1. The molecule has 15 atom stereocenters. The number of aliphatic carboxylic acids is 2. The van der Waals surface area contributed by atoms with Gasteiger partial charge in [-0.2, -0.15) is 0 Å². The van der Waals surface area contributed by atoms with Gasteiger partial charge in [-0.3, -0.25) is 43.3 Å². The van der Waals surface area contributed by atoms with E-state index in [1.165, 1.54) is 18.4 Å². The van der Waals surface area contributed by atoms with Gasteiger partial charge in [0.05, 0.1) is 12.5 Å². The number of esters is 2. The van der Waals surface area contributed by atoms with Gasteiger partial charge < -0.3 is 60.1 Å². The van der Waals surface area contributed by atoms with E-state index in [4.69, 9.17) is 29.4 Å². The van der Waals surface area contributed by atoms with Crippen LogP contribution in [0, 0.1) is 11.8 Å². The van der Waals surface area contributed by atoms with Gasteiger partial charge in [0.2, 0.25) is 0 Å². The number of hydrogen-bond donors (Lipinski definition) is 8. The van der Waals surface area contributed by atoms with E-state index in [9.17, 15) is 59.4 Å². The third kappa shape index (κ3) is 15.1. The summed E-state index contributed by atoms with van der Waals surface area (Å²) < 4.78 is 30.6. The van der Waals surface area contributed by atoms with E-state index in [1.54, 1.807) is 18.9 Å². The van der Waals surface area contributed by atoms with Crippen molar-refractivity contribution in [3.63, 3.8) is 0 Å². The van der Waals surface area contributed by atoms with Crippen molar-refractivity contribution >= 4 is 23.9 Å². The summed E-state index contributed by atoms with van der Waals surface area (Å²) in [5, 5.41) is 63.9. The van der Waals surface area contributed by atoms with Crippen LogP contribution >= 0.6 is 0 Å². The highest BCUT2D eigenvalue weighted by atomic mass is 16.7. The van der Waals surface area contributed by atoms with Gasteiger partial charge in [-0.25, -0.2) is 4.79 Å². The highest BCUT2D eigenvalue weighted by molar-refractivity contribution is 5.77. The lowest BCUT2D eigenvalue weighted by Crippen LogP contribution is -2.57. The van der Waals surface area contributed by atoms with Crippen LogP contribution in [0.15, 0.2) is 21.9 Å². The molecule has 9 N–H and O–H groups in total. The number of likely N-dealkylation sites (N-methyl/N-ethyl adjacent to an activating group) is 2. The number of ether oxygens (including phenoxy) is 5. The highest BCUT2D eigenvalue weighted by Gasteiger charge is 2.55. The average Bonchev–Trinajstić information content (AvgIpc) is 3.62. The summed E-state index contributed by atoms with van der Waals surface area (Å²) in [4.78, 5) is 80.5. The maximum absolute atomic E-state index is 13.8. The zero-order valence-corrected chi connectivity index (χ0v) is 38.0. The average molecular weight is 930 g/mol. The minimum atomic E-state index is -1.79. The van der Waals surface area contributed by atoms with Gasteiger partial charge in [-0.05, 0) is 38.8 Å². The summed E-state index contributed by atoms with van der Waals surface area (Å²) in [7, 11) is 3.01. The van der Waals surface area contributed by atoms with Crippen LogP contribution in [0.3, 0.4) is 0 Å². The van der Waals surface area contributed by atoms with E-state index in [1.807, 2.05) is 0 Å². The number of aliphatic hydroxyl groups is 4. The van der Waals surface area contributed by atoms with Crippen molar-refractivity contribution in [1.29, 1.82) is 0 Å². The summed E-state index contributed by atoms with van der Waals surface area (Å²) in [5.41, 5.74) is 4.06. The predicted octanol–water partition coefficient (Wildman–Crippen LogP) is -0.473. The van der Waals surface area contributed by atoms with E-state index < -0.39 is 127 Å². The van der Waals surface area contributed by atoms with E-state index in [-0.39, 0.29) is 32.5 Å². The number of carboxylic acid groups (broad SMARTS) is 2. The molecule has 3 aliphatic rings. The molecule has 0 spiro atoms. The molecule has 3 aliphatic heterocycles. The Labute approximate surface area is 377 Å². The normalized spacial score (nSPS) is 30.6. The molecule has 1 aromatic rings. The van der Waals surface area contributed by atoms with Gasteiger partial charge in [0.25, 0.3) is 5.56 Å². The molecule has 1 aromatic heterocycles. The first kappa shape index (κ1) is 53.8. The Morgan fingerprint density at radius 2 is 1.49 bits per heavy atom. The zero-order chi connectivity index (χ0) is 48.1. The maximum atomic E-state index is 13.8. The molecule has 0 radical (unpaired) electrons. The topological polar surface area (TPSA) is 323 Å². The smallest absolute Gasteiger partial charge is 0.330 e. The minimum absolute atomic E-state index is 0.184. The third-order valence-electron chi connectivity index (χ3n) is 12.7. The molecule has 370 valence electrons. The van der Waals surface area contributed by atoms with E-state index in [0.29, 0.717) is 18.8 Å². The van der Waals surface area contributed by atoms with Crippen LogP contribution in [0.2, 0.25) is 0 Å². The van der Waals surface area contributed by atoms with Crippen molar-refractivity contribution in [2.75, 3.05) is 33.7 Å². The lowest BCUT2D eigenvalue weighted by atomic mass is 9.97. The van der Waals surface area contributed by atoms with Crippen molar-refractivity contribution in [3.05, 3.63) is 33.1 Å². The van der Waals surface area contributed by atoms with Crippen molar-refractivity contribution in [1.82, 2.24) is 19.4 Å². The zero-order valence-electron chi connectivity index (χ0n) is 38.0. The fourth-order valence-corrected chi connectivity index (χ4v) is 8.80. The molecule has 4 heterocycles. The molecule has 22 heteroatoms. The molecule has 0 aliphatic carbocycles. The number of carbonyl (C=O) groups is 4. The van der Waals surface area contributed by atoms with Crippen LogP contribution in [0.5, 0.6) is 0 Å². The number of aromatic amines is 1. The van der Waals surface area contributed by atoms with Gasteiger partial charge in [0.1, 0.15) is 61.0 Å². The second-order valence-electron chi connectivity index (χ2n) is 18.0. The summed E-state index contributed by atoms with van der Waals surface area (Å²) in [6.07, 6.45) is -7.62. The van der Waals surface area contributed by atoms with E-state index in [0.717, 1.165) is 55.4 Å². The number of aromatic nitrogens is 2. The molecule has 15 unspecified atom stereocenters. The predicted molar refractivity (Wildman–Crippen MR) is 229 cm³/mol. The van der Waals surface area contributed by atoms with Gasteiger partial charge in [-0.1, -0.05) is 65.7 Å². The number of hydrogen-bond acceptors (Lipinski definition) is 18. The van der Waals surface area contributed by atoms with Crippen LogP contribution < -0.4 is 17.0 Å². The molecule has 65 heavy (non-hydrogen) atoms. The molecule has 3 fully saturated rings. The van der Waals surface area contributed by atoms with E-state index >= 15 is 0 Å². The second kappa shape index (κ2) is 25.3. The number of unbranched alkanes of at least 4 members (excludes halogenated alkanes) is 5. The number of H-pyrrole nitrogens is 1. The van der Waals surface area contributed by atoms with Crippen molar-refractivity contribution < 1.29 is 73.5 Å². The van der Waals surface area contributed by atoms with E-state index in [2.05, 4.69) is 18.8 Å². The molecule has 0 aromatic carbocycles. The molecule has 0 bridgehead atoms. The first-order valence-electron chi connectivity index (χ1n) is 22.7. The Kier molecular flexibility index (Phi) is 21.0. The Hall–Kier alpha value is -3.84. The first-order valence-corrected chi connectivity index (χ1v) is 22.7. The monoisotopic (exact) mass is 929 g/mol. The third-order valence-corrected chi connectivity index (χ3v) is 12.7. The Morgan fingerprint density at radius 1 is 0.831 bits per heavy atom. The van der Waals surface area contributed by atoms with Gasteiger partial charge in [0, 0.05) is 44.7 Å². The summed E-state index contributed by atoms with van der Waals surface area (Å²) in [6.45, 7) is 5.36. The summed E-state index contributed by atoms with van der Waals surface area (Å²) in [5.74, 6) is -3.80. The second-order valence-corrected chi connectivity index (χ2v) is 18.0. The fourth-order valence-electron chi connectivity index (χ4n) is 8.80. The number of aliphatic hydroxyl groups excluding tert-OH is 4. The highest BCUT2D eigenvalue weighted by Crippen LogP contribution is 2.36. The number of carbonyl (C=O) groups excluding carboxylic acids is 2.